The second-order valence-electron chi connectivity index (χ2n) is 13.5. The minimum absolute atomic E-state index is 0.0215. The van der Waals surface area contributed by atoms with E-state index < -0.39 is 53.8 Å². The quantitative estimate of drug-likeness (QED) is 0.112. The molecule has 5 N–H and O–H groups in total. The smallest absolute Gasteiger partial charge is 0.475 e. The summed E-state index contributed by atoms with van der Waals surface area (Å²) >= 11 is 0. The number of nitriles is 1. The van der Waals surface area contributed by atoms with Crippen molar-refractivity contribution in [2.24, 2.45) is 0 Å². The predicted octanol–water partition coefficient (Wildman–Crippen LogP) is 6.56. The Labute approximate surface area is 346 Å². The largest absolute Gasteiger partial charge is 0.490 e. The van der Waals surface area contributed by atoms with Gasteiger partial charge in [0.15, 0.2) is 0 Å². The first-order chi connectivity index (χ1) is 29.1. The molecule has 5 heterocycles. The zero-order valence-corrected chi connectivity index (χ0v) is 32.2. The maximum Gasteiger partial charge on any atom is 0.490 e. The Morgan fingerprint density at radius 2 is 1.46 bits per heavy atom. The average Bonchev–Trinajstić information content (AvgIpc) is 3.86. The first-order valence-corrected chi connectivity index (χ1v) is 17.9. The molecular formula is C35H35F12N9O7. The van der Waals surface area contributed by atoms with Gasteiger partial charge in [0.2, 0.25) is 5.88 Å². The van der Waals surface area contributed by atoms with E-state index in [1.54, 1.807) is 12.3 Å². The predicted molar refractivity (Wildman–Crippen MR) is 189 cm³/mol. The molecule has 346 valence electrons. The van der Waals surface area contributed by atoms with Gasteiger partial charge in [-0.1, -0.05) is 6.92 Å². The van der Waals surface area contributed by atoms with Crippen LogP contribution in [0.1, 0.15) is 50.3 Å². The molecule has 28 heteroatoms. The van der Waals surface area contributed by atoms with Crippen molar-refractivity contribution in [2.75, 3.05) is 19.6 Å². The molecule has 1 aliphatic heterocycles. The molecule has 0 aromatic carbocycles. The molecule has 1 saturated carbocycles. The van der Waals surface area contributed by atoms with Gasteiger partial charge in [0.25, 0.3) is 0 Å². The summed E-state index contributed by atoms with van der Waals surface area (Å²) in [6.07, 6.45) is -9.41. The molecule has 0 spiro atoms. The normalized spacial score (nSPS) is 17.6. The van der Waals surface area contributed by atoms with E-state index in [0.29, 0.717) is 44.2 Å². The van der Waals surface area contributed by atoms with Gasteiger partial charge >= 0.3 is 42.6 Å². The van der Waals surface area contributed by atoms with E-state index in [1.807, 2.05) is 30.1 Å². The van der Waals surface area contributed by atoms with Crippen molar-refractivity contribution in [3.8, 4) is 23.2 Å². The topological polar surface area (TPSA) is 232 Å². The van der Waals surface area contributed by atoms with Gasteiger partial charge in [-0.15, -0.1) is 0 Å². The van der Waals surface area contributed by atoms with Crippen molar-refractivity contribution in [1.82, 2.24) is 39.9 Å². The van der Waals surface area contributed by atoms with Gasteiger partial charge in [-0.2, -0.15) is 63.0 Å². The molecule has 0 unspecified atom stereocenters. The highest BCUT2D eigenvalue weighted by atomic mass is 19.4. The van der Waals surface area contributed by atoms with Crippen molar-refractivity contribution in [1.29, 1.82) is 5.26 Å². The number of fused-ring (bicyclic) bond motifs is 1. The number of likely N-dealkylation sites (tertiary alicyclic amines) is 1. The zero-order chi connectivity index (χ0) is 47.6. The maximum atomic E-state index is 13.4. The van der Waals surface area contributed by atoms with E-state index >= 15 is 0 Å². The molecule has 2 aliphatic rings. The lowest BCUT2D eigenvalue weighted by molar-refractivity contribution is -0.193. The second-order valence-corrected chi connectivity index (χ2v) is 13.5. The Morgan fingerprint density at radius 1 is 0.905 bits per heavy atom. The maximum absolute atomic E-state index is 13.4. The molecule has 0 amide bonds. The van der Waals surface area contributed by atoms with Crippen molar-refractivity contribution < 1.29 is 87.1 Å². The van der Waals surface area contributed by atoms with E-state index in [0.717, 1.165) is 54.0 Å². The summed E-state index contributed by atoms with van der Waals surface area (Å²) in [5, 5.41) is 39.6. The number of carboxylic acid groups (broad SMARTS) is 3. The summed E-state index contributed by atoms with van der Waals surface area (Å²) < 4.78 is 143. The number of alkyl halides is 12. The average molecular weight is 922 g/mol. The van der Waals surface area contributed by atoms with Crippen LogP contribution in [-0.2, 0) is 32.6 Å². The summed E-state index contributed by atoms with van der Waals surface area (Å²) in [5.74, 6) is -8.25. The number of hydrogen-bond acceptors (Lipinski definition) is 11. The van der Waals surface area contributed by atoms with Crippen LogP contribution >= 0.6 is 0 Å². The minimum atomic E-state index is -5.08. The van der Waals surface area contributed by atoms with Crippen LogP contribution < -0.4 is 10.1 Å². The fourth-order valence-corrected chi connectivity index (χ4v) is 6.09. The van der Waals surface area contributed by atoms with Crippen molar-refractivity contribution in [2.45, 2.75) is 88.0 Å². The summed E-state index contributed by atoms with van der Waals surface area (Å²) in [6, 6.07) is 7.25. The van der Waals surface area contributed by atoms with Gasteiger partial charge in [-0.05, 0) is 49.9 Å². The SMILES string of the molecule is CCNCc1cc(OC2CCC(N3CC(CC#N)(n4cc(-c5ncnc6[nH]ccc56)cn4)C3)CC2)nc(C(F)(F)F)c1.O=C(O)C(F)(F)F.O=C(O)C(F)(F)F.O=C(O)C(F)(F)F. The van der Waals surface area contributed by atoms with Crippen molar-refractivity contribution in [3.63, 3.8) is 0 Å². The molecular weight excluding hydrogens is 886 g/mol. The van der Waals surface area contributed by atoms with Crippen LogP contribution in [0.2, 0.25) is 0 Å². The molecule has 0 radical (unpaired) electrons. The lowest BCUT2D eigenvalue weighted by Gasteiger charge is -2.53. The third-order valence-corrected chi connectivity index (χ3v) is 9.01. The monoisotopic (exact) mass is 921 g/mol. The summed E-state index contributed by atoms with van der Waals surface area (Å²) in [6.45, 7) is 4.26. The number of carboxylic acids is 3. The fourth-order valence-electron chi connectivity index (χ4n) is 6.09. The number of aromatic nitrogens is 6. The number of ether oxygens (including phenoxy) is 1. The van der Waals surface area contributed by atoms with Crippen LogP contribution in [-0.4, -0.2) is 118 Å². The van der Waals surface area contributed by atoms with Gasteiger partial charge in [-0.3, -0.25) is 9.58 Å². The standard InChI is InChI=1S/C29H32F3N9O.3C2HF3O2/c1-2-34-13-19-11-24(29(30,31)32)39-25(12-19)42-22-5-3-21(4-6-22)40-16-28(17-40,8-9-33)41-15-20(14-38-41)26-23-7-10-35-27(23)37-18-36-26;3*3-2(4,5)1(6)7/h7,10-12,14-15,18,21-22,34H,2-6,8,13,16-17H2,1H3,(H,35,36,37);3*(H,6,7). The lowest BCUT2D eigenvalue weighted by Crippen LogP contribution is -2.65. The Hall–Kier alpha value is -6.24. The van der Waals surface area contributed by atoms with E-state index in [1.165, 1.54) is 6.33 Å². The number of halogens is 12. The Morgan fingerprint density at radius 3 is 1.95 bits per heavy atom. The first kappa shape index (κ1) is 51.1. The highest BCUT2D eigenvalue weighted by Gasteiger charge is 2.48. The Bertz CT molecular complexity index is 2150. The number of nitrogens with zero attached hydrogens (tertiary/aromatic N) is 7. The summed E-state index contributed by atoms with van der Waals surface area (Å²) in [5.41, 5.74) is 1.55. The van der Waals surface area contributed by atoms with Gasteiger partial charge in [0.05, 0.1) is 24.4 Å². The Balaban J connectivity index is 0.000000416. The van der Waals surface area contributed by atoms with E-state index in [9.17, 15) is 57.9 Å². The molecule has 2 fully saturated rings. The van der Waals surface area contributed by atoms with Crippen LogP contribution in [0.15, 0.2) is 43.1 Å². The molecule has 1 aliphatic carbocycles. The van der Waals surface area contributed by atoms with Crippen LogP contribution in [0.4, 0.5) is 52.7 Å². The van der Waals surface area contributed by atoms with Crippen LogP contribution in [0.25, 0.3) is 22.3 Å². The van der Waals surface area contributed by atoms with E-state index in [4.69, 9.17) is 34.4 Å². The number of hydrogen-bond donors (Lipinski definition) is 5. The number of aromatic amines is 1. The van der Waals surface area contributed by atoms with Crippen molar-refractivity contribution in [3.05, 3.63) is 54.4 Å². The van der Waals surface area contributed by atoms with Crippen LogP contribution in [0.3, 0.4) is 0 Å². The molecule has 6 rings (SSSR count). The van der Waals surface area contributed by atoms with Gasteiger partial charge in [-0.25, -0.2) is 29.3 Å². The van der Waals surface area contributed by atoms with Gasteiger partial charge < -0.3 is 30.4 Å². The number of H-pyrrole nitrogens is 1. The van der Waals surface area contributed by atoms with E-state index in [2.05, 4.69) is 41.3 Å². The first-order valence-electron chi connectivity index (χ1n) is 17.9. The molecule has 1 saturated heterocycles. The van der Waals surface area contributed by atoms with Gasteiger partial charge in [0, 0.05) is 55.1 Å². The molecule has 16 nitrogen and oxygen atoms in total. The summed E-state index contributed by atoms with van der Waals surface area (Å²) in [4.78, 5) is 44.6. The molecule has 4 aromatic heterocycles. The van der Waals surface area contributed by atoms with Crippen molar-refractivity contribution >= 4 is 28.9 Å². The van der Waals surface area contributed by atoms with Crippen LogP contribution in [0.5, 0.6) is 5.88 Å². The molecule has 63 heavy (non-hydrogen) atoms. The number of nitrogens with one attached hydrogen (secondary N) is 2. The second kappa shape index (κ2) is 20.8. The van der Waals surface area contributed by atoms with Crippen LogP contribution in [0, 0.1) is 11.3 Å². The zero-order valence-electron chi connectivity index (χ0n) is 32.2. The Kier molecular flexibility index (Phi) is 16.8. The highest BCUT2D eigenvalue weighted by molar-refractivity contribution is 5.90. The van der Waals surface area contributed by atoms with Gasteiger partial charge in [0.1, 0.15) is 29.3 Å². The highest BCUT2D eigenvalue weighted by Crippen LogP contribution is 2.39. The number of pyridine rings is 1. The number of rotatable bonds is 9. The third kappa shape index (κ3) is 14.7. The van der Waals surface area contributed by atoms with E-state index in [-0.39, 0.29) is 12.0 Å². The third-order valence-electron chi connectivity index (χ3n) is 9.01. The molecule has 4 aromatic rings. The lowest BCUT2D eigenvalue weighted by atomic mass is 9.82. The minimum Gasteiger partial charge on any atom is -0.475 e. The number of aliphatic carboxylic acids is 3. The molecule has 0 bridgehead atoms. The fraction of sp³-hybridized carbons (Fsp3) is 0.486. The summed E-state index contributed by atoms with van der Waals surface area (Å²) in [7, 11) is 0. The molecule has 0 atom stereocenters. The number of carbonyl (C=O) groups is 3.